The molecule has 0 N–H and O–H groups in total. The van der Waals surface area contributed by atoms with Gasteiger partial charge in [0.25, 0.3) is 0 Å². The van der Waals surface area contributed by atoms with Crippen molar-refractivity contribution in [3.05, 3.63) is 127 Å². The largest absolute Gasteiger partial charge is 0.358 e. The van der Waals surface area contributed by atoms with Crippen molar-refractivity contribution in [3.63, 3.8) is 0 Å². The van der Waals surface area contributed by atoms with Crippen LogP contribution in [0.3, 0.4) is 0 Å². The van der Waals surface area contributed by atoms with Gasteiger partial charge < -0.3 is 7.43 Å². The van der Waals surface area contributed by atoms with Crippen LogP contribution in [0.15, 0.2) is 91.0 Å². The maximum atomic E-state index is 3.55. The number of hydrogen-bond acceptors (Lipinski definition) is 0. The van der Waals surface area contributed by atoms with Crippen LogP contribution in [0.1, 0.15) is 63.8 Å². The van der Waals surface area contributed by atoms with Crippen LogP contribution in [0.5, 0.6) is 0 Å². The summed E-state index contributed by atoms with van der Waals surface area (Å²) in [4.78, 5) is 0. The van der Waals surface area contributed by atoms with E-state index in [1.165, 1.54) is 38.6 Å². The predicted molar refractivity (Wildman–Crippen MR) is 154 cm³/mol. The van der Waals surface area contributed by atoms with E-state index in [1.54, 1.807) is 0 Å². The van der Waals surface area contributed by atoms with Gasteiger partial charge in [-0.05, 0) is 23.0 Å². The first-order valence-electron chi connectivity index (χ1n) is 11.8. The summed E-state index contributed by atoms with van der Waals surface area (Å²) in [5.41, 5.74) is 8.88. The van der Waals surface area contributed by atoms with E-state index in [0.29, 0.717) is 0 Å². The van der Waals surface area contributed by atoms with E-state index < -0.39 is 0 Å². The SMILES string of the molecule is CC(C)(C)c1c[c-]c2c(c1)-c1cccc(C(C)(C)C)c1C2.[CH3-].[Hf].[SiH2]c1ccccc1.c1cc[cH-]c1. The molecule has 0 fully saturated rings. The van der Waals surface area contributed by atoms with Crippen LogP contribution in [0.2, 0.25) is 0 Å². The number of hydrogen-bond donors (Lipinski definition) is 0. The molecule has 0 spiro atoms. The molecule has 1 aliphatic rings. The maximum absolute atomic E-state index is 3.55. The molecule has 0 heterocycles. The van der Waals surface area contributed by atoms with Gasteiger partial charge in [0, 0.05) is 36.1 Å². The molecule has 1 radical (unpaired) electrons. The van der Waals surface area contributed by atoms with Gasteiger partial charge in [-0.15, -0.1) is 5.56 Å². The fourth-order valence-electron chi connectivity index (χ4n) is 4.05. The second-order valence-corrected chi connectivity index (χ2v) is 11.6. The van der Waals surface area contributed by atoms with E-state index in [-0.39, 0.29) is 44.1 Å². The number of benzene rings is 3. The molecule has 4 aromatic rings. The Morgan fingerprint density at radius 2 is 1.40 bits per heavy atom. The van der Waals surface area contributed by atoms with Crippen LogP contribution >= 0.6 is 0 Å². The van der Waals surface area contributed by atoms with Gasteiger partial charge in [-0.25, -0.2) is 12.1 Å². The average molecular weight is 643 g/mol. The third kappa shape index (κ3) is 8.61. The van der Waals surface area contributed by atoms with Crippen LogP contribution in [-0.4, -0.2) is 10.2 Å². The molecule has 5 rings (SSSR count). The van der Waals surface area contributed by atoms with Crippen molar-refractivity contribution in [1.82, 2.24) is 0 Å². The van der Waals surface area contributed by atoms with Crippen molar-refractivity contribution in [2.45, 2.75) is 58.8 Å². The van der Waals surface area contributed by atoms with Gasteiger partial charge in [0.05, 0.1) is 0 Å². The Hall–Kier alpha value is -1.90. The minimum atomic E-state index is 0. The molecule has 183 valence electrons. The van der Waals surface area contributed by atoms with Crippen molar-refractivity contribution >= 4 is 15.4 Å². The monoisotopic (exact) mass is 644 g/mol. The van der Waals surface area contributed by atoms with Crippen LogP contribution in [0, 0.1) is 13.5 Å². The molecule has 0 nitrogen and oxygen atoms in total. The zero-order valence-corrected chi connectivity index (χ0v) is 27.6. The molecular weight excluding hydrogens is 603 g/mol. The third-order valence-electron chi connectivity index (χ3n) is 5.92. The van der Waals surface area contributed by atoms with E-state index >= 15 is 0 Å². The van der Waals surface area contributed by atoms with E-state index in [2.05, 4.69) is 90.1 Å². The van der Waals surface area contributed by atoms with Crippen LogP contribution in [0.25, 0.3) is 11.1 Å². The summed E-state index contributed by atoms with van der Waals surface area (Å²) in [7, 11) is 1.90. The molecule has 0 bridgehead atoms. The standard InChI is InChI=1S/C21H25.C6H7Si.C5H5.CH3.Hf/c1-20(2,3)15-11-10-14-12-18-16(17(14)13-15)8-7-9-19(18)21(4,5)6;7-6-4-2-1-3-5-6;1-2-4-5-3-1;;/h7-9,11,13H,12H2,1-6H3;1-5H,7H2;1-5H;1H3;/q-1;;2*-1;. The van der Waals surface area contributed by atoms with Crippen molar-refractivity contribution in [2.75, 3.05) is 0 Å². The first-order chi connectivity index (χ1) is 15.6. The second kappa shape index (κ2) is 13.4. The van der Waals surface area contributed by atoms with E-state index in [1.807, 2.05) is 58.8 Å². The van der Waals surface area contributed by atoms with Gasteiger partial charge in [-0.2, -0.15) is 47.5 Å². The van der Waals surface area contributed by atoms with Gasteiger partial charge in [0.2, 0.25) is 0 Å². The summed E-state index contributed by atoms with van der Waals surface area (Å²) in [6.07, 6.45) is 1.03. The molecule has 1 aliphatic carbocycles. The Morgan fingerprint density at radius 3 is 1.86 bits per heavy atom. The average Bonchev–Trinajstić information content (AvgIpc) is 3.44. The Labute approximate surface area is 236 Å². The van der Waals surface area contributed by atoms with E-state index in [9.17, 15) is 0 Å². The minimum absolute atomic E-state index is 0. The van der Waals surface area contributed by atoms with Crippen LogP contribution in [-0.2, 0) is 43.1 Å². The van der Waals surface area contributed by atoms with Crippen molar-refractivity contribution < 1.29 is 25.8 Å². The molecular formula is C33H40HfSi-3. The number of rotatable bonds is 0. The van der Waals surface area contributed by atoms with Gasteiger partial charge in [0.15, 0.2) is 0 Å². The van der Waals surface area contributed by atoms with Crippen LogP contribution in [0.4, 0.5) is 0 Å². The zero-order valence-electron chi connectivity index (χ0n) is 22.6. The summed E-state index contributed by atoms with van der Waals surface area (Å²) >= 11 is 0. The molecule has 0 unspecified atom stereocenters. The topological polar surface area (TPSA) is 0 Å². The van der Waals surface area contributed by atoms with Crippen molar-refractivity contribution in [1.29, 1.82) is 0 Å². The molecule has 0 amide bonds. The summed E-state index contributed by atoms with van der Waals surface area (Å²) in [5, 5.41) is 1.35. The van der Waals surface area contributed by atoms with Crippen molar-refractivity contribution in [3.8, 4) is 11.1 Å². The fraction of sp³-hybridized carbons (Fsp3) is 0.273. The molecule has 4 aromatic carbocycles. The molecule has 0 aliphatic heterocycles. The van der Waals surface area contributed by atoms with E-state index in [4.69, 9.17) is 0 Å². The summed E-state index contributed by atoms with van der Waals surface area (Å²) in [5.74, 6) is 0. The van der Waals surface area contributed by atoms with Crippen LogP contribution < -0.4 is 5.19 Å². The Kier molecular flexibility index (Phi) is 11.9. The molecule has 0 saturated heterocycles. The quantitative estimate of drug-likeness (QED) is 0.122. The van der Waals surface area contributed by atoms with Gasteiger partial charge in [0.1, 0.15) is 0 Å². The first-order valence-corrected chi connectivity index (χ1v) is 12.5. The van der Waals surface area contributed by atoms with Crippen molar-refractivity contribution in [2.24, 2.45) is 0 Å². The third-order valence-corrected chi connectivity index (χ3v) is 6.39. The van der Waals surface area contributed by atoms with E-state index in [0.717, 1.165) is 6.42 Å². The fourth-order valence-corrected chi connectivity index (χ4v) is 4.33. The minimum Gasteiger partial charge on any atom is -0.358 e. The molecule has 35 heavy (non-hydrogen) atoms. The molecule has 0 saturated carbocycles. The van der Waals surface area contributed by atoms with Gasteiger partial charge >= 0.3 is 0 Å². The maximum Gasteiger partial charge on any atom is 0.0477 e. The van der Waals surface area contributed by atoms with Gasteiger partial charge in [-0.1, -0.05) is 106 Å². The Morgan fingerprint density at radius 1 is 0.771 bits per heavy atom. The summed E-state index contributed by atoms with van der Waals surface area (Å²) in [6, 6.07) is 35.2. The zero-order chi connectivity index (χ0) is 24.1. The molecule has 0 aromatic heterocycles. The Balaban J connectivity index is 0.000000360. The number of fused-ring (bicyclic) bond motifs is 3. The smallest absolute Gasteiger partial charge is 0.0477 e. The predicted octanol–water partition coefficient (Wildman–Crippen LogP) is 7.45. The summed E-state index contributed by atoms with van der Waals surface area (Å²) in [6.45, 7) is 13.7. The Bertz CT molecular complexity index is 1130. The second-order valence-electron chi connectivity index (χ2n) is 10.7. The summed E-state index contributed by atoms with van der Waals surface area (Å²) < 4.78 is 0. The molecule has 2 heteroatoms. The normalized spacial score (nSPS) is 11.3. The van der Waals surface area contributed by atoms with Gasteiger partial charge in [-0.3, -0.25) is 0 Å². The molecule has 0 atom stereocenters. The first kappa shape index (κ1) is 31.1.